The number of rotatable bonds is 2. The lowest BCUT2D eigenvalue weighted by atomic mass is 10.2. The van der Waals surface area contributed by atoms with Gasteiger partial charge in [0.2, 0.25) is 0 Å². The van der Waals surface area contributed by atoms with Crippen LogP contribution in [0.3, 0.4) is 0 Å². The van der Waals surface area contributed by atoms with Crippen LogP contribution >= 0.6 is 0 Å². The maximum Gasteiger partial charge on any atom is 0.121 e. The highest BCUT2D eigenvalue weighted by atomic mass is 16.5. The first-order chi connectivity index (χ1) is 4.95. The van der Waals surface area contributed by atoms with Crippen molar-refractivity contribution in [1.29, 1.82) is 0 Å². The molecule has 0 amide bonds. The third-order valence-corrected chi connectivity index (χ3v) is 1.90. The van der Waals surface area contributed by atoms with Gasteiger partial charge in [-0.2, -0.15) is 0 Å². The Balaban J connectivity index is 1.69. The van der Waals surface area contributed by atoms with E-state index >= 15 is 0 Å². The quantitative estimate of drug-likeness (QED) is 0.558. The van der Waals surface area contributed by atoms with Crippen LogP contribution in [0.2, 0.25) is 0 Å². The van der Waals surface area contributed by atoms with E-state index in [1.807, 2.05) is 0 Å². The molecule has 0 aromatic carbocycles. The Bertz CT molecular complexity index is 108. The van der Waals surface area contributed by atoms with Gasteiger partial charge in [-0.25, -0.2) is 0 Å². The van der Waals surface area contributed by atoms with E-state index in [2.05, 4.69) is 5.32 Å². The van der Waals surface area contributed by atoms with E-state index in [-0.39, 0.29) is 0 Å². The van der Waals surface area contributed by atoms with Crippen molar-refractivity contribution in [2.45, 2.75) is 25.2 Å². The van der Waals surface area contributed by atoms with Crippen molar-refractivity contribution in [1.82, 2.24) is 5.32 Å². The van der Waals surface area contributed by atoms with Crippen LogP contribution < -0.4 is 5.32 Å². The van der Waals surface area contributed by atoms with Gasteiger partial charge in [0, 0.05) is 19.8 Å². The minimum absolute atomic E-state index is 0.364. The van der Waals surface area contributed by atoms with Gasteiger partial charge in [-0.05, 0) is 12.8 Å². The van der Waals surface area contributed by atoms with Crippen LogP contribution in [-0.2, 0) is 9.47 Å². The summed E-state index contributed by atoms with van der Waals surface area (Å²) < 4.78 is 10.8. The van der Waals surface area contributed by atoms with Crippen molar-refractivity contribution < 1.29 is 9.47 Å². The first kappa shape index (κ1) is 6.58. The predicted molar refractivity (Wildman–Crippen MR) is 36.7 cm³/mol. The summed E-state index contributed by atoms with van der Waals surface area (Å²) in [4.78, 5) is 0. The SMILES string of the molecule is C1CC(OC2CN2)CCO1. The smallest absolute Gasteiger partial charge is 0.121 e. The third kappa shape index (κ3) is 1.68. The molecule has 1 atom stereocenters. The Morgan fingerprint density at radius 3 is 2.60 bits per heavy atom. The molecule has 3 heteroatoms. The summed E-state index contributed by atoms with van der Waals surface area (Å²) in [6.07, 6.45) is 2.95. The maximum atomic E-state index is 5.61. The molecule has 0 aliphatic carbocycles. The molecule has 58 valence electrons. The number of nitrogens with one attached hydrogen (secondary N) is 1. The van der Waals surface area contributed by atoms with Gasteiger partial charge >= 0.3 is 0 Å². The third-order valence-electron chi connectivity index (χ3n) is 1.90. The largest absolute Gasteiger partial charge is 0.381 e. The first-order valence-corrected chi connectivity index (χ1v) is 3.92. The summed E-state index contributed by atoms with van der Waals surface area (Å²) in [6.45, 7) is 2.78. The number of hydrogen-bond donors (Lipinski definition) is 1. The zero-order chi connectivity index (χ0) is 6.81. The molecule has 2 saturated heterocycles. The van der Waals surface area contributed by atoms with Crippen LogP contribution in [-0.4, -0.2) is 32.1 Å². The molecular formula is C7H13NO2. The molecule has 1 unspecified atom stereocenters. The van der Waals surface area contributed by atoms with E-state index in [4.69, 9.17) is 9.47 Å². The Hall–Kier alpha value is -0.120. The normalized spacial score (nSPS) is 34.2. The van der Waals surface area contributed by atoms with Gasteiger partial charge in [0.15, 0.2) is 0 Å². The van der Waals surface area contributed by atoms with Crippen LogP contribution in [0.4, 0.5) is 0 Å². The highest BCUT2D eigenvalue weighted by molar-refractivity contribution is 4.75. The van der Waals surface area contributed by atoms with Crippen molar-refractivity contribution in [2.24, 2.45) is 0 Å². The summed E-state index contributed by atoms with van der Waals surface area (Å²) in [5, 5.41) is 3.12. The Morgan fingerprint density at radius 1 is 1.30 bits per heavy atom. The average Bonchev–Trinajstić information content (AvgIpc) is 2.74. The molecule has 2 rings (SSSR count). The second-order valence-electron chi connectivity index (χ2n) is 2.84. The molecule has 2 aliphatic rings. The molecule has 0 aromatic heterocycles. The molecule has 2 aliphatic heterocycles. The Morgan fingerprint density at radius 2 is 2.00 bits per heavy atom. The molecule has 0 spiro atoms. The fraction of sp³-hybridized carbons (Fsp3) is 1.00. The van der Waals surface area contributed by atoms with Gasteiger partial charge in [0.1, 0.15) is 6.23 Å². The van der Waals surface area contributed by atoms with E-state index in [9.17, 15) is 0 Å². The molecule has 10 heavy (non-hydrogen) atoms. The van der Waals surface area contributed by atoms with Crippen molar-refractivity contribution in [3.05, 3.63) is 0 Å². The molecule has 0 saturated carbocycles. The van der Waals surface area contributed by atoms with Crippen LogP contribution in [0, 0.1) is 0 Å². The highest BCUT2D eigenvalue weighted by Crippen LogP contribution is 2.14. The van der Waals surface area contributed by atoms with Gasteiger partial charge in [-0.3, -0.25) is 5.32 Å². The van der Waals surface area contributed by atoms with Crippen LogP contribution in [0.15, 0.2) is 0 Å². The van der Waals surface area contributed by atoms with E-state index in [0.29, 0.717) is 12.3 Å². The van der Waals surface area contributed by atoms with E-state index in [0.717, 1.165) is 32.6 Å². The lowest BCUT2D eigenvalue weighted by Gasteiger charge is -2.21. The maximum absolute atomic E-state index is 5.61. The van der Waals surface area contributed by atoms with E-state index in [1.54, 1.807) is 0 Å². The lowest BCUT2D eigenvalue weighted by molar-refractivity contribution is -0.0401. The zero-order valence-corrected chi connectivity index (χ0v) is 6.01. The van der Waals surface area contributed by atoms with Crippen molar-refractivity contribution in [3.63, 3.8) is 0 Å². The molecule has 0 aromatic rings. The van der Waals surface area contributed by atoms with Gasteiger partial charge in [-0.15, -0.1) is 0 Å². The Kier molecular flexibility index (Phi) is 1.88. The van der Waals surface area contributed by atoms with Gasteiger partial charge in [-0.1, -0.05) is 0 Å². The van der Waals surface area contributed by atoms with Crippen molar-refractivity contribution in [3.8, 4) is 0 Å². The minimum atomic E-state index is 0.364. The fourth-order valence-corrected chi connectivity index (χ4v) is 1.19. The summed E-state index contributed by atoms with van der Waals surface area (Å²) in [7, 11) is 0. The van der Waals surface area contributed by atoms with Crippen LogP contribution in [0.1, 0.15) is 12.8 Å². The number of hydrogen-bond acceptors (Lipinski definition) is 3. The summed E-state index contributed by atoms with van der Waals surface area (Å²) in [6, 6.07) is 0. The van der Waals surface area contributed by atoms with Crippen molar-refractivity contribution in [2.75, 3.05) is 19.8 Å². The van der Waals surface area contributed by atoms with Crippen LogP contribution in [0.25, 0.3) is 0 Å². The lowest BCUT2D eigenvalue weighted by Crippen LogP contribution is -2.25. The highest BCUT2D eigenvalue weighted by Gasteiger charge is 2.26. The molecule has 0 radical (unpaired) electrons. The van der Waals surface area contributed by atoms with Crippen LogP contribution in [0.5, 0.6) is 0 Å². The molecule has 3 nitrogen and oxygen atoms in total. The topological polar surface area (TPSA) is 40.4 Å². The summed E-state index contributed by atoms with van der Waals surface area (Å²) in [5.74, 6) is 0. The van der Waals surface area contributed by atoms with Gasteiger partial charge in [0.25, 0.3) is 0 Å². The standard InChI is InChI=1S/C7H13NO2/c1-3-9-4-2-6(1)10-7-5-8-7/h6-8H,1-5H2. The second kappa shape index (κ2) is 2.86. The summed E-state index contributed by atoms with van der Waals surface area (Å²) in [5.41, 5.74) is 0. The predicted octanol–water partition coefficient (Wildman–Crippen LogP) is 0.111. The molecular weight excluding hydrogens is 130 g/mol. The Labute approximate surface area is 60.7 Å². The monoisotopic (exact) mass is 143 g/mol. The molecule has 2 heterocycles. The van der Waals surface area contributed by atoms with E-state index < -0.39 is 0 Å². The fourth-order valence-electron chi connectivity index (χ4n) is 1.19. The number of ether oxygens (including phenoxy) is 2. The summed E-state index contributed by atoms with van der Waals surface area (Å²) >= 11 is 0. The van der Waals surface area contributed by atoms with Gasteiger partial charge < -0.3 is 9.47 Å². The zero-order valence-electron chi connectivity index (χ0n) is 6.01. The minimum Gasteiger partial charge on any atom is -0.381 e. The second-order valence-corrected chi connectivity index (χ2v) is 2.84. The molecule has 2 fully saturated rings. The average molecular weight is 143 g/mol. The molecule has 1 N–H and O–H groups in total. The molecule has 0 bridgehead atoms. The van der Waals surface area contributed by atoms with Gasteiger partial charge in [0.05, 0.1) is 6.10 Å². The van der Waals surface area contributed by atoms with E-state index in [1.165, 1.54) is 0 Å². The first-order valence-electron chi connectivity index (χ1n) is 3.92. The van der Waals surface area contributed by atoms with Crippen molar-refractivity contribution >= 4 is 0 Å².